The van der Waals surface area contributed by atoms with Gasteiger partial charge >= 0.3 is 19.6 Å². The average Bonchev–Trinajstić information content (AvgIpc) is 3.09. The number of nitrogens with one attached hydrogen (secondary N) is 1. The van der Waals surface area contributed by atoms with Crippen molar-refractivity contribution >= 4 is 18.6 Å². The first kappa shape index (κ1) is 18.7. The SMILES string of the molecule is CC1(C)OB(c2ccc(CNc3nnc(C(F)F)o3)c(F)c2)OC1(C)C. The minimum atomic E-state index is -2.85. The smallest absolute Gasteiger partial charge is 0.402 e. The molecule has 0 aliphatic carbocycles. The molecule has 0 radical (unpaired) electrons. The van der Waals surface area contributed by atoms with Crippen LogP contribution >= 0.6 is 0 Å². The van der Waals surface area contributed by atoms with Crippen LogP contribution in [0, 0.1) is 5.82 Å². The van der Waals surface area contributed by atoms with E-state index < -0.39 is 36.5 Å². The van der Waals surface area contributed by atoms with E-state index in [9.17, 15) is 13.2 Å². The van der Waals surface area contributed by atoms with Gasteiger partial charge in [0.1, 0.15) is 5.82 Å². The third-order valence-corrected chi connectivity index (χ3v) is 4.66. The van der Waals surface area contributed by atoms with E-state index >= 15 is 0 Å². The number of hydrogen-bond acceptors (Lipinski definition) is 6. The zero-order valence-electron chi connectivity index (χ0n) is 14.8. The van der Waals surface area contributed by atoms with Crippen LogP contribution in [0.5, 0.6) is 0 Å². The van der Waals surface area contributed by atoms with Crippen molar-refractivity contribution in [2.75, 3.05) is 5.32 Å². The largest absolute Gasteiger partial charge is 0.494 e. The van der Waals surface area contributed by atoms with Crippen LogP contribution in [0.15, 0.2) is 22.6 Å². The van der Waals surface area contributed by atoms with Crippen molar-refractivity contribution in [3.05, 3.63) is 35.5 Å². The van der Waals surface area contributed by atoms with Gasteiger partial charge in [-0.1, -0.05) is 17.2 Å². The van der Waals surface area contributed by atoms with Crippen LogP contribution in [0.3, 0.4) is 0 Å². The minimum Gasteiger partial charge on any atom is -0.402 e. The van der Waals surface area contributed by atoms with Gasteiger partial charge in [-0.25, -0.2) is 4.39 Å². The maximum Gasteiger partial charge on any atom is 0.494 e. The second-order valence-electron chi connectivity index (χ2n) is 7.04. The third-order valence-electron chi connectivity index (χ3n) is 4.66. The molecule has 2 aromatic rings. The van der Waals surface area contributed by atoms with Crippen molar-refractivity contribution in [3.63, 3.8) is 0 Å². The monoisotopic (exact) mass is 369 g/mol. The molecule has 1 N–H and O–H groups in total. The number of benzene rings is 1. The first-order valence-corrected chi connectivity index (χ1v) is 8.08. The number of hydrogen-bond donors (Lipinski definition) is 1. The number of nitrogens with zero attached hydrogens (tertiary/aromatic N) is 2. The third kappa shape index (κ3) is 3.56. The van der Waals surface area contributed by atoms with E-state index in [2.05, 4.69) is 15.5 Å². The zero-order valence-corrected chi connectivity index (χ0v) is 14.8. The van der Waals surface area contributed by atoms with Gasteiger partial charge in [0.2, 0.25) is 0 Å². The Morgan fingerprint density at radius 1 is 1.12 bits per heavy atom. The van der Waals surface area contributed by atoms with Gasteiger partial charge in [-0.05, 0) is 39.2 Å². The molecule has 0 spiro atoms. The Hall–Kier alpha value is -2.07. The maximum atomic E-state index is 14.4. The molecule has 0 saturated carbocycles. The highest BCUT2D eigenvalue weighted by molar-refractivity contribution is 6.62. The highest BCUT2D eigenvalue weighted by Gasteiger charge is 2.51. The molecular formula is C16H19BF3N3O3. The topological polar surface area (TPSA) is 69.4 Å². The van der Waals surface area contributed by atoms with Gasteiger partial charge in [-0.3, -0.25) is 0 Å². The van der Waals surface area contributed by atoms with E-state index in [4.69, 9.17) is 13.7 Å². The summed E-state index contributed by atoms with van der Waals surface area (Å²) in [6, 6.07) is 4.39. The fourth-order valence-corrected chi connectivity index (χ4v) is 2.40. The Bertz CT molecular complexity index is 782. The zero-order chi connectivity index (χ0) is 19.1. The van der Waals surface area contributed by atoms with Crippen LogP contribution in [-0.2, 0) is 15.9 Å². The molecule has 6 nitrogen and oxygen atoms in total. The van der Waals surface area contributed by atoms with Crippen molar-refractivity contribution < 1.29 is 26.9 Å². The van der Waals surface area contributed by atoms with Gasteiger partial charge in [0, 0.05) is 12.1 Å². The lowest BCUT2D eigenvalue weighted by Crippen LogP contribution is -2.41. The summed E-state index contributed by atoms with van der Waals surface area (Å²) in [4.78, 5) is 0. The van der Waals surface area contributed by atoms with Crippen molar-refractivity contribution in [1.82, 2.24) is 10.2 Å². The van der Waals surface area contributed by atoms with E-state index in [0.717, 1.165) is 0 Å². The molecule has 140 valence electrons. The molecule has 1 fully saturated rings. The molecule has 1 aromatic heterocycles. The van der Waals surface area contributed by atoms with E-state index in [-0.39, 0.29) is 12.6 Å². The van der Waals surface area contributed by atoms with Gasteiger partial charge < -0.3 is 19.0 Å². The predicted octanol–water partition coefficient (Wildman–Crippen LogP) is 3.06. The van der Waals surface area contributed by atoms with Gasteiger partial charge in [0.15, 0.2) is 0 Å². The lowest BCUT2D eigenvalue weighted by Gasteiger charge is -2.32. The molecule has 26 heavy (non-hydrogen) atoms. The van der Waals surface area contributed by atoms with E-state index in [1.54, 1.807) is 12.1 Å². The number of aromatic nitrogens is 2. The quantitative estimate of drug-likeness (QED) is 0.818. The molecule has 1 aliphatic rings. The molecule has 1 saturated heterocycles. The number of alkyl halides is 2. The molecule has 0 amide bonds. The molecule has 2 heterocycles. The standard InChI is InChI=1S/C16H19BF3N3O3/c1-15(2)16(3,4)26-17(25-15)10-6-5-9(11(18)7-10)8-21-14-23-22-13(24-14)12(19)20/h5-7,12H,8H2,1-4H3,(H,21,23). The summed E-state index contributed by atoms with van der Waals surface area (Å²) in [5.74, 6) is -1.28. The first-order chi connectivity index (χ1) is 12.1. The van der Waals surface area contributed by atoms with Crippen LogP contribution in [0.25, 0.3) is 0 Å². The van der Waals surface area contributed by atoms with Gasteiger partial charge in [-0.15, -0.1) is 5.10 Å². The maximum absolute atomic E-state index is 14.4. The van der Waals surface area contributed by atoms with Crippen LogP contribution in [0.1, 0.15) is 45.6 Å². The van der Waals surface area contributed by atoms with Crippen LogP contribution in [0.4, 0.5) is 19.2 Å². The van der Waals surface area contributed by atoms with Gasteiger partial charge in [0.25, 0.3) is 5.89 Å². The Morgan fingerprint density at radius 2 is 1.77 bits per heavy atom. The molecule has 10 heteroatoms. The summed E-state index contributed by atoms with van der Waals surface area (Å²) < 4.78 is 55.7. The van der Waals surface area contributed by atoms with E-state index in [1.807, 2.05) is 27.7 Å². The summed E-state index contributed by atoms with van der Waals surface area (Å²) in [5, 5.41) is 9.23. The lowest BCUT2D eigenvalue weighted by atomic mass is 9.78. The molecule has 1 aromatic carbocycles. The number of halogens is 3. The average molecular weight is 369 g/mol. The Morgan fingerprint density at radius 3 is 2.31 bits per heavy atom. The van der Waals surface area contributed by atoms with Crippen LogP contribution in [-0.4, -0.2) is 28.5 Å². The Labute approximate surface area is 149 Å². The van der Waals surface area contributed by atoms with Crippen molar-refractivity contribution in [1.29, 1.82) is 0 Å². The summed E-state index contributed by atoms with van der Waals surface area (Å²) in [6.45, 7) is 7.67. The van der Waals surface area contributed by atoms with Crippen LogP contribution < -0.4 is 10.8 Å². The highest BCUT2D eigenvalue weighted by Crippen LogP contribution is 2.36. The fraction of sp³-hybridized carbons (Fsp3) is 0.500. The van der Waals surface area contributed by atoms with E-state index in [1.165, 1.54) is 6.07 Å². The Balaban J connectivity index is 1.68. The molecule has 0 atom stereocenters. The van der Waals surface area contributed by atoms with E-state index in [0.29, 0.717) is 11.0 Å². The normalized spacial score (nSPS) is 18.5. The number of anilines is 1. The molecule has 3 rings (SSSR count). The summed E-state index contributed by atoms with van der Waals surface area (Å²) in [6.07, 6.45) is -2.85. The summed E-state index contributed by atoms with van der Waals surface area (Å²) >= 11 is 0. The molecule has 0 bridgehead atoms. The lowest BCUT2D eigenvalue weighted by molar-refractivity contribution is 0.00578. The predicted molar refractivity (Wildman–Crippen MR) is 88.7 cm³/mol. The van der Waals surface area contributed by atoms with Crippen molar-refractivity contribution in [2.24, 2.45) is 0 Å². The summed E-state index contributed by atoms with van der Waals surface area (Å²) in [7, 11) is -0.666. The molecular weight excluding hydrogens is 350 g/mol. The molecule has 0 unspecified atom stereocenters. The second kappa shape index (κ2) is 6.59. The highest BCUT2D eigenvalue weighted by atomic mass is 19.3. The fourth-order valence-electron chi connectivity index (χ4n) is 2.40. The van der Waals surface area contributed by atoms with Gasteiger partial charge in [-0.2, -0.15) is 8.78 Å². The van der Waals surface area contributed by atoms with Crippen molar-refractivity contribution in [3.8, 4) is 0 Å². The second-order valence-corrected chi connectivity index (χ2v) is 7.04. The Kier molecular flexibility index (Phi) is 4.74. The summed E-state index contributed by atoms with van der Waals surface area (Å²) in [5.41, 5.74) is -0.173. The van der Waals surface area contributed by atoms with Crippen LogP contribution in [0.2, 0.25) is 0 Å². The van der Waals surface area contributed by atoms with Crippen molar-refractivity contribution in [2.45, 2.75) is 51.9 Å². The first-order valence-electron chi connectivity index (χ1n) is 8.08. The number of rotatable bonds is 5. The minimum absolute atomic E-state index is 0.000349. The molecule has 1 aliphatic heterocycles. The van der Waals surface area contributed by atoms with Gasteiger partial charge in [0.05, 0.1) is 11.2 Å².